The van der Waals surface area contributed by atoms with E-state index in [1.54, 1.807) is 0 Å². The van der Waals surface area contributed by atoms with E-state index in [1.165, 1.54) is 5.56 Å². The predicted octanol–water partition coefficient (Wildman–Crippen LogP) is 3.42. The maximum Gasteiger partial charge on any atom is 0.191 e. The third kappa shape index (κ3) is 9.76. The Bertz CT molecular complexity index is 645. The zero-order valence-electron chi connectivity index (χ0n) is 16.4. The molecular formula is C20H32IN5O. The van der Waals surface area contributed by atoms with Crippen LogP contribution in [0.2, 0.25) is 0 Å². The van der Waals surface area contributed by atoms with E-state index in [0.717, 1.165) is 57.2 Å². The fraction of sp³-hybridized carbons (Fsp3) is 0.500. The van der Waals surface area contributed by atoms with Gasteiger partial charge in [-0.25, -0.2) is 4.99 Å². The standard InChI is InChI=1S/C20H31N5O.HI/c1-3-21-20(22-12-8-9-13-26-4-2)23-14-19-15-24-25(17-19)16-18-10-6-5-7-11-18;/h5-7,10-11,15,17H,3-4,8-9,12-14,16H2,1-2H3,(H2,21,22,23);1H. The molecule has 27 heavy (non-hydrogen) atoms. The van der Waals surface area contributed by atoms with Crippen LogP contribution in [0.5, 0.6) is 0 Å². The molecule has 0 saturated carbocycles. The number of ether oxygens (including phenoxy) is 1. The fourth-order valence-electron chi connectivity index (χ4n) is 2.54. The minimum absolute atomic E-state index is 0. The van der Waals surface area contributed by atoms with Gasteiger partial charge in [-0.1, -0.05) is 30.3 Å². The monoisotopic (exact) mass is 485 g/mol. The lowest BCUT2D eigenvalue weighted by Gasteiger charge is -2.11. The minimum Gasteiger partial charge on any atom is -0.382 e. The van der Waals surface area contributed by atoms with E-state index in [-0.39, 0.29) is 24.0 Å². The van der Waals surface area contributed by atoms with Crippen molar-refractivity contribution >= 4 is 29.9 Å². The van der Waals surface area contributed by atoms with Gasteiger partial charge in [0.05, 0.1) is 19.3 Å². The summed E-state index contributed by atoms with van der Waals surface area (Å²) < 4.78 is 7.31. The van der Waals surface area contributed by atoms with Crippen LogP contribution in [0, 0.1) is 0 Å². The predicted molar refractivity (Wildman–Crippen MR) is 122 cm³/mol. The normalized spacial score (nSPS) is 11.1. The van der Waals surface area contributed by atoms with Crippen LogP contribution in [-0.4, -0.2) is 42.0 Å². The summed E-state index contributed by atoms with van der Waals surface area (Å²) >= 11 is 0. The van der Waals surface area contributed by atoms with E-state index >= 15 is 0 Å². The number of hydrogen-bond acceptors (Lipinski definition) is 3. The van der Waals surface area contributed by atoms with Gasteiger partial charge in [0.15, 0.2) is 5.96 Å². The van der Waals surface area contributed by atoms with Crippen LogP contribution in [0.4, 0.5) is 0 Å². The van der Waals surface area contributed by atoms with Crippen LogP contribution in [0.1, 0.15) is 37.8 Å². The first kappa shape index (κ1) is 23.4. The van der Waals surface area contributed by atoms with Crippen molar-refractivity contribution in [1.82, 2.24) is 20.4 Å². The lowest BCUT2D eigenvalue weighted by molar-refractivity contribution is 0.143. The number of aliphatic imine (C=N–C) groups is 1. The van der Waals surface area contributed by atoms with Crippen LogP contribution in [0.3, 0.4) is 0 Å². The van der Waals surface area contributed by atoms with Crippen molar-refractivity contribution in [1.29, 1.82) is 0 Å². The molecule has 0 aliphatic rings. The van der Waals surface area contributed by atoms with Gasteiger partial charge in [-0.2, -0.15) is 5.10 Å². The lowest BCUT2D eigenvalue weighted by atomic mass is 10.2. The van der Waals surface area contributed by atoms with Crippen LogP contribution < -0.4 is 10.6 Å². The Hall–Kier alpha value is -1.61. The first-order chi connectivity index (χ1) is 12.8. The zero-order chi connectivity index (χ0) is 18.5. The number of guanidine groups is 1. The Balaban J connectivity index is 0.00000364. The molecule has 0 bridgehead atoms. The van der Waals surface area contributed by atoms with Gasteiger partial charge in [-0.05, 0) is 32.3 Å². The molecule has 0 radical (unpaired) electrons. The van der Waals surface area contributed by atoms with Crippen LogP contribution in [0.15, 0.2) is 47.7 Å². The summed E-state index contributed by atoms with van der Waals surface area (Å²) in [6, 6.07) is 10.3. The van der Waals surface area contributed by atoms with Gasteiger partial charge < -0.3 is 15.4 Å². The average molecular weight is 485 g/mol. The molecule has 0 unspecified atom stereocenters. The van der Waals surface area contributed by atoms with Crippen molar-refractivity contribution in [2.24, 2.45) is 4.99 Å². The Labute approximate surface area is 179 Å². The third-order valence-corrected chi connectivity index (χ3v) is 3.85. The number of unbranched alkanes of at least 4 members (excludes halogenated alkanes) is 1. The smallest absolute Gasteiger partial charge is 0.191 e. The first-order valence-corrected chi connectivity index (χ1v) is 9.47. The van der Waals surface area contributed by atoms with Crippen molar-refractivity contribution in [3.8, 4) is 0 Å². The Morgan fingerprint density at radius 2 is 1.93 bits per heavy atom. The number of hydrogen-bond donors (Lipinski definition) is 2. The number of nitrogens with one attached hydrogen (secondary N) is 2. The molecule has 150 valence electrons. The van der Waals surface area contributed by atoms with E-state index in [1.807, 2.05) is 36.0 Å². The summed E-state index contributed by atoms with van der Waals surface area (Å²) in [5.41, 5.74) is 2.35. The highest BCUT2D eigenvalue weighted by molar-refractivity contribution is 14.0. The van der Waals surface area contributed by atoms with Crippen molar-refractivity contribution in [2.45, 2.75) is 39.8 Å². The molecule has 2 rings (SSSR count). The van der Waals surface area contributed by atoms with Crippen LogP contribution in [-0.2, 0) is 17.8 Å². The van der Waals surface area contributed by atoms with Gasteiger partial charge in [-0.15, -0.1) is 24.0 Å². The van der Waals surface area contributed by atoms with E-state index < -0.39 is 0 Å². The molecule has 1 heterocycles. The summed E-state index contributed by atoms with van der Waals surface area (Å²) in [5.74, 6) is 0.847. The molecule has 7 heteroatoms. The molecule has 0 aliphatic carbocycles. The summed E-state index contributed by atoms with van der Waals surface area (Å²) in [5, 5.41) is 11.1. The molecule has 0 fully saturated rings. The maximum absolute atomic E-state index is 5.36. The highest BCUT2D eigenvalue weighted by atomic mass is 127. The number of benzene rings is 1. The number of nitrogens with zero attached hydrogens (tertiary/aromatic N) is 3. The molecule has 2 N–H and O–H groups in total. The molecular weight excluding hydrogens is 453 g/mol. The van der Waals surface area contributed by atoms with E-state index in [9.17, 15) is 0 Å². The van der Waals surface area contributed by atoms with E-state index in [4.69, 9.17) is 4.74 Å². The van der Waals surface area contributed by atoms with Gasteiger partial charge in [-0.3, -0.25) is 4.68 Å². The Morgan fingerprint density at radius 1 is 1.11 bits per heavy atom. The summed E-state index contributed by atoms with van der Waals surface area (Å²) in [6.07, 6.45) is 6.08. The molecule has 0 amide bonds. The summed E-state index contributed by atoms with van der Waals surface area (Å²) in [4.78, 5) is 4.65. The van der Waals surface area contributed by atoms with Gasteiger partial charge in [0, 0.05) is 38.1 Å². The molecule has 1 aromatic heterocycles. The first-order valence-electron chi connectivity index (χ1n) is 9.47. The van der Waals surface area contributed by atoms with Crippen molar-refractivity contribution in [3.63, 3.8) is 0 Å². The Morgan fingerprint density at radius 3 is 2.67 bits per heavy atom. The van der Waals surface area contributed by atoms with Gasteiger partial charge in [0.2, 0.25) is 0 Å². The Kier molecular flexibility index (Phi) is 12.5. The quantitative estimate of drug-likeness (QED) is 0.222. The molecule has 2 aromatic rings. The SMILES string of the molecule is CCNC(=NCc1cnn(Cc2ccccc2)c1)NCCCCOCC.I. The van der Waals surface area contributed by atoms with Crippen LogP contribution in [0.25, 0.3) is 0 Å². The highest BCUT2D eigenvalue weighted by Crippen LogP contribution is 2.05. The van der Waals surface area contributed by atoms with E-state index in [0.29, 0.717) is 6.54 Å². The van der Waals surface area contributed by atoms with Gasteiger partial charge >= 0.3 is 0 Å². The van der Waals surface area contributed by atoms with Crippen molar-refractivity contribution in [2.75, 3.05) is 26.3 Å². The largest absolute Gasteiger partial charge is 0.382 e. The molecule has 0 aliphatic heterocycles. The van der Waals surface area contributed by atoms with Crippen molar-refractivity contribution < 1.29 is 4.74 Å². The second kappa shape index (κ2) is 14.4. The second-order valence-corrected chi connectivity index (χ2v) is 6.06. The van der Waals surface area contributed by atoms with Gasteiger partial charge in [0.1, 0.15) is 0 Å². The molecule has 0 saturated heterocycles. The van der Waals surface area contributed by atoms with Crippen LogP contribution >= 0.6 is 24.0 Å². The summed E-state index contributed by atoms with van der Waals surface area (Å²) in [7, 11) is 0. The number of aromatic nitrogens is 2. The molecule has 0 atom stereocenters. The summed E-state index contributed by atoms with van der Waals surface area (Å²) in [6.45, 7) is 8.85. The highest BCUT2D eigenvalue weighted by Gasteiger charge is 2.01. The fourth-order valence-corrected chi connectivity index (χ4v) is 2.54. The number of halogens is 1. The average Bonchev–Trinajstić information content (AvgIpc) is 3.10. The third-order valence-electron chi connectivity index (χ3n) is 3.85. The van der Waals surface area contributed by atoms with E-state index in [2.05, 4.69) is 46.0 Å². The molecule has 1 aromatic carbocycles. The molecule has 0 spiro atoms. The van der Waals surface area contributed by atoms with Crippen molar-refractivity contribution in [3.05, 3.63) is 53.9 Å². The zero-order valence-corrected chi connectivity index (χ0v) is 18.7. The van der Waals surface area contributed by atoms with Gasteiger partial charge in [0.25, 0.3) is 0 Å². The maximum atomic E-state index is 5.36. The minimum atomic E-state index is 0. The number of rotatable bonds is 11. The second-order valence-electron chi connectivity index (χ2n) is 6.06. The lowest BCUT2D eigenvalue weighted by Crippen LogP contribution is -2.37. The molecule has 6 nitrogen and oxygen atoms in total. The topological polar surface area (TPSA) is 63.5 Å².